The van der Waals surface area contributed by atoms with Crippen LogP contribution in [-0.4, -0.2) is 28.8 Å². The van der Waals surface area contributed by atoms with E-state index in [9.17, 15) is 5.11 Å². The van der Waals surface area contributed by atoms with Gasteiger partial charge >= 0.3 is 0 Å². The number of halogens is 2. The summed E-state index contributed by atoms with van der Waals surface area (Å²) in [6, 6.07) is 3.93. The van der Waals surface area contributed by atoms with E-state index in [1.54, 1.807) is 0 Å². The molecule has 1 aromatic heterocycles. The number of nitrogens with zero attached hydrogens (tertiary/aromatic N) is 2. The fourth-order valence-electron chi connectivity index (χ4n) is 1.70. The number of rotatable bonds is 2. The second-order valence-electron chi connectivity index (χ2n) is 4.70. The highest BCUT2D eigenvalue weighted by atomic mass is 127. The zero-order valence-electron chi connectivity index (χ0n) is 9.24. The summed E-state index contributed by atoms with van der Waals surface area (Å²) < 4.78 is 0.961. The first kappa shape index (κ1) is 12.4. The minimum absolute atomic E-state index is 0.312. The minimum Gasteiger partial charge on any atom is -0.390 e. The van der Waals surface area contributed by atoms with Crippen LogP contribution in [0.3, 0.4) is 0 Å². The lowest BCUT2D eigenvalue weighted by Gasteiger charge is -2.45. The van der Waals surface area contributed by atoms with Crippen LogP contribution in [0.15, 0.2) is 12.1 Å². The lowest BCUT2D eigenvalue weighted by Crippen LogP contribution is -2.56. The standard InChI is InChI=1S/C11H14ClIN2O/c1-11(2,16)7-5-15(6-7)9-4-3-8(13)10(12)14-9/h3-4,7,16H,5-6H2,1-2H3. The van der Waals surface area contributed by atoms with Gasteiger partial charge in [-0.1, -0.05) is 11.6 Å². The van der Waals surface area contributed by atoms with E-state index in [2.05, 4.69) is 32.5 Å². The van der Waals surface area contributed by atoms with E-state index in [1.165, 1.54) is 0 Å². The van der Waals surface area contributed by atoms with E-state index in [1.807, 2.05) is 26.0 Å². The Morgan fingerprint density at radius 1 is 1.50 bits per heavy atom. The van der Waals surface area contributed by atoms with Crippen molar-refractivity contribution in [2.75, 3.05) is 18.0 Å². The number of anilines is 1. The SMILES string of the molecule is CC(C)(O)C1CN(c2ccc(I)c(Cl)n2)C1. The average Bonchev–Trinajstić information content (AvgIpc) is 2.06. The van der Waals surface area contributed by atoms with Crippen molar-refractivity contribution in [1.29, 1.82) is 0 Å². The van der Waals surface area contributed by atoms with Gasteiger partial charge in [-0.2, -0.15) is 0 Å². The Bertz CT molecular complexity index is 399. The molecule has 88 valence electrons. The predicted molar refractivity (Wildman–Crippen MR) is 74.0 cm³/mol. The summed E-state index contributed by atoms with van der Waals surface area (Å²) in [5.41, 5.74) is -0.608. The van der Waals surface area contributed by atoms with Gasteiger partial charge in [-0.25, -0.2) is 4.98 Å². The van der Waals surface area contributed by atoms with Crippen molar-refractivity contribution < 1.29 is 5.11 Å². The number of aromatic nitrogens is 1. The summed E-state index contributed by atoms with van der Waals surface area (Å²) in [6.07, 6.45) is 0. The van der Waals surface area contributed by atoms with Gasteiger partial charge < -0.3 is 10.0 Å². The summed E-state index contributed by atoms with van der Waals surface area (Å²) in [6.45, 7) is 5.38. The summed E-state index contributed by atoms with van der Waals surface area (Å²) in [7, 11) is 0. The summed E-state index contributed by atoms with van der Waals surface area (Å²) in [5, 5.41) is 10.4. The first-order chi connectivity index (χ1) is 7.38. The Morgan fingerprint density at radius 2 is 2.12 bits per heavy atom. The molecule has 2 heterocycles. The maximum Gasteiger partial charge on any atom is 0.144 e. The van der Waals surface area contributed by atoms with E-state index in [4.69, 9.17) is 11.6 Å². The van der Waals surface area contributed by atoms with Crippen molar-refractivity contribution in [2.45, 2.75) is 19.4 Å². The molecular formula is C11H14ClIN2O. The van der Waals surface area contributed by atoms with Gasteiger partial charge in [0.1, 0.15) is 11.0 Å². The smallest absolute Gasteiger partial charge is 0.144 e. The fraction of sp³-hybridized carbons (Fsp3) is 0.545. The highest BCUT2D eigenvalue weighted by Crippen LogP contribution is 2.31. The molecule has 1 fully saturated rings. The van der Waals surface area contributed by atoms with Gasteiger partial charge in [-0.3, -0.25) is 0 Å². The number of hydrogen-bond donors (Lipinski definition) is 1. The third kappa shape index (κ3) is 2.43. The van der Waals surface area contributed by atoms with Crippen LogP contribution in [0.25, 0.3) is 0 Å². The van der Waals surface area contributed by atoms with Crippen molar-refractivity contribution in [1.82, 2.24) is 4.98 Å². The van der Waals surface area contributed by atoms with Crippen molar-refractivity contribution in [3.05, 3.63) is 20.9 Å². The lowest BCUT2D eigenvalue weighted by molar-refractivity contribution is 0.00439. The summed E-state index contributed by atoms with van der Waals surface area (Å²) in [4.78, 5) is 6.44. The van der Waals surface area contributed by atoms with E-state index < -0.39 is 5.60 Å². The minimum atomic E-state index is -0.608. The molecule has 0 aromatic carbocycles. The summed E-state index contributed by atoms with van der Waals surface area (Å²) >= 11 is 8.13. The van der Waals surface area contributed by atoms with E-state index >= 15 is 0 Å². The largest absolute Gasteiger partial charge is 0.390 e. The Hall–Kier alpha value is -0.0700. The normalized spacial score (nSPS) is 17.4. The molecule has 1 aliphatic heterocycles. The number of pyridine rings is 1. The van der Waals surface area contributed by atoms with Crippen molar-refractivity contribution in [3.8, 4) is 0 Å². The fourth-order valence-corrected chi connectivity index (χ4v) is 2.15. The molecule has 0 atom stereocenters. The van der Waals surface area contributed by atoms with Gasteiger partial charge in [-0.15, -0.1) is 0 Å². The molecule has 2 rings (SSSR count). The monoisotopic (exact) mass is 352 g/mol. The summed E-state index contributed by atoms with van der Waals surface area (Å²) in [5.74, 6) is 1.21. The molecule has 16 heavy (non-hydrogen) atoms. The van der Waals surface area contributed by atoms with Crippen molar-refractivity contribution in [2.24, 2.45) is 5.92 Å². The molecule has 3 nitrogen and oxygen atoms in total. The average molecular weight is 353 g/mol. The zero-order valence-corrected chi connectivity index (χ0v) is 12.2. The van der Waals surface area contributed by atoms with E-state index in [0.717, 1.165) is 22.5 Å². The second-order valence-corrected chi connectivity index (χ2v) is 6.22. The van der Waals surface area contributed by atoms with Crippen LogP contribution in [0.4, 0.5) is 5.82 Å². The Kier molecular flexibility index (Phi) is 3.34. The molecule has 5 heteroatoms. The van der Waals surface area contributed by atoms with Crippen LogP contribution in [0.1, 0.15) is 13.8 Å². The third-order valence-electron chi connectivity index (χ3n) is 2.99. The van der Waals surface area contributed by atoms with Crippen LogP contribution in [0.5, 0.6) is 0 Å². The van der Waals surface area contributed by atoms with Crippen LogP contribution in [0.2, 0.25) is 5.15 Å². The van der Waals surface area contributed by atoms with Gasteiger partial charge in [-0.05, 0) is 48.6 Å². The molecule has 0 amide bonds. The predicted octanol–water partition coefficient (Wildman–Crippen LogP) is 2.55. The third-order valence-corrected chi connectivity index (χ3v) is 4.47. The molecule has 1 N–H and O–H groups in total. The van der Waals surface area contributed by atoms with Gasteiger partial charge in [0.15, 0.2) is 0 Å². The zero-order chi connectivity index (χ0) is 11.9. The Morgan fingerprint density at radius 3 is 2.62 bits per heavy atom. The Balaban J connectivity index is 2.04. The van der Waals surface area contributed by atoms with Gasteiger partial charge in [0.2, 0.25) is 0 Å². The number of aliphatic hydroxyl groups is 1. The Labute approximate surface area is 114 Å². The first-order valence-electron chi connectivity index (χ1n) is 5.17. The maximum absolute atomic E-state index is 9.83. The highest BCUT2D eigenvalue weighted by Gasteiger charge is 2.38. The van der Waals surface area contributed by atoms with E-state index in [-0.39, 0.29) is 0 Å². The topological polar surface area (TPSA) is 36.4 Å². The molecule has 0 spiro atoms. The van der Waals surface area contributed by atoms with Crippen LogP contribution in [-0.2, 0) is 0 Å². The molecule has 0 saturated carbocycles. The van der Waals surface area contributed by atoms with E-state index in [0.29, 0.717) is 11.1 Å². The van der Waals surface area contributed by atoms with Gasteiger partial charge in [0.05, 0.1) is 9.17 Å². The molecule has 0 bridgehead atoms. The number of hydrogen-bond acceptors (Lipinski definition) is 3. The van der Waals surface area contributed by atoms with Crippen LogP contribution < -0.4 is 4.90 Å². The van der Waals surface area contributed by atoms with Crippen molar-refractivity contribution in [3.63, 3.8) is 0 Å². The maximum atomic E-state index is 9.83. The van der Waals surface area contributed by atoms with Gasteiger partial charge in [0.25, 0.3) is 0 Å². The molecule has 0 aliphatic carbocycles. The molecule has 0 radical (unpaired) electrons. The van der Waals surface area contributed by atoms with Crippen molar-refractivity contribution >= 4 is 40.0 Å². The lowest BCUT2D eigenvalue weighted by atomic mass is 9.84. The highest BCUT2D eigenvalue weighted by molar-refractivity contribution is 14.1. The molecule has 1 saturated heterocycles. The molecule has 1 aromatic rings. The molecular weight excluding hydrogens is 338 g/mol. The van der Waals surface area contributed by atoms with Crippen LogP contribution in [0, 0.1) is 9.49 Å². The second kappa shape index (κ2) is 4.31. The van der Waals surface area contributed by atoms with Gasteiger partial charge in [0, 0.05) is 19.0 Å². The quantitative estimate of drug-likeness (QED) is 0.656. The first-order valence-corrected chi connectivity index (χ1v) is 6.63. The van der Waals surface area contributed by atoms with Crippen LogP contribution >= 0.6 is 34.2 Å². The molecule has 1 aliphatic rings. The molecule has 0 unspecified atom stereocenters.